The largest absolute Gasteiger partial charge is 0.369 e. The lowest BCUT2D eigenvalue weighted by atomic mass is 10.1. The highest BCUT2D eigenvalue weighted by Crippen LogP contribution is 2.04. The Labute approximate surface area is 140 Å². The van der Waals surface area contributed by atoms with Gasteiger partial charge in [-0.25, -0.2) is 0 Å². The number of rotatable bonds is 13. The summed E-state index contributed by atoms with van der Waals surface area (Å²) in [6.45, 7) is 7.20. The van der Waals surface area contributed by atoms with E-state index in [0.717, 1.165) is 51.6 Å². The molecule has 1 atom stereocenters. The number of hydrogen-bond acceptors (Lipinski definition) is 4. The number of carbonyl (C=O) groups is 2. The van der Waals surface area contributed by atoms with Gasteiger partial charge in [0.15, 0.2) is 0 Å². The smallest absolute Gasteiger partial charge is 0.246 e. The van der Waals surface area contributed by atoms with Crippen LogP contribution in [0.5, 0.6) is 0 Å². The first-order chi connectivity index (χ1) is 10.4. The highest BCUT2D eigenvalue weighted by molar-refractivity contribution is 7.81. The predicted molar refractivity (Wildman–Crippen MR) is 93.3 cm³/mol. The maximum atomic E-state index is 11.4. The third-order valence-corrected chi connectivity index (χ3v) is 3.39. The van der Waals surface area contributed by atoms with Crippen LogP contribution in [0.4, 0.5) is 0 Å². The number of hydrogen-bond donors (Lipinski definition) is 3. The summed E-state index contributed by atoms with van der Waals surface area (Å²) >= 11 is 4.07. The van der Waals surface area contributed by atoms with Gasteiger partial charge in [0.2, 0.25) is 11.8 Å². The van der Waals surface area contributed by atoms with Crippen LogP contribution < -0.4 is 10.6 Å². The molecule has 6 heteroatoms. The van der Waals surface area contributed by atoms with Crippen LogP contribution in [0.3, 0.4) is 0 Å². The van der Waals surface area contributed by atoms with Gasteiger partial charge in [0.05, 0.1) is 11.4 Å². The van der Waals surface area contributed by atoms with Gasteiger partial charge < -0.3 is 15.4 Å². The Morgan fingerprint density at radius 2 is 1.41 bits per heavy atom. The molecule has 0 aromatic carbocycles. The van der Waals surface area contributed by atoms with Crippen LogP contribution in [0, 0.1) is 0 Å². The molecular formula is C16H32N2O3S. The van der Waals surface area contributed by atoms with Crippen molar-refractivity contribution in [1.29, 1.82) is 0 Å². The second-order valence-electron chi connectivity index (χ2n) is 5.80. The van der Waals surface area contributed by atoms with E-state index >= 15 is 0 Å². The average molecular weight is 333 g/mol. The van der Waals surface area contributed by atoms with E-state index in [-0.39, 0.29) is 29.8 Å². The summed E-state index contributed by atoms with van der Waals surface area (Å²) in [4.78, 5) is 22.6. The maximum absolute atomic E-state index is 11.4. The molecule has 22 heavy (non-hydrogen) atoms. The monoisotopic (exact) mass is 332 g/mol. The summed E-state index contributed by atoms with van der Waals surface area (Å²) in [5.74, 6) is -0.0385. The van der Waals surface area contributed by atoms with E-state index in [2.05, 4.69) is 23.3 Å². The van der Waals surface area contributed by atoms with E-state index in [4.69, 9.17) is 4.74 Å². The summed E-state index contributed by atoms with van der Waals surface area (Å²) in [6, 6.07) is 0. The normalized spacial score (nSPS) is 12.2. The highest BCUT2D eigenvalue weighted by atomic mass is 32.1. The van der Waals surface area contributed by atoms with Crippen molar-refractivity contribution < 1.29 is 14.3 Å². The fraction of sp³-hybridized carbons (Fsp3) is 0.875. The van der Waals surface area contributed by atoms with E-state index in [1.54, 1.807) is 6.92 Å². The molecule has 2 amide bonds. The first-order valence-electron chi connectivity index (χ1n) is 8.27. The van der Waals surface area contributed by atoms with Gasteiger partial charge in [-0.15, -0.1) is 0 Å². The molecule has 2 N–H and O–H groups in total. The molecule has 0 aromatic heterocycles. The Morgan fingerprint density at radius 1 is 0.909 bits per heavy atom. The van der Waals surface area contributed by atoms with Crippen molar-refractivity contribution in [2.75, 3.05) is 19.7 Å². The van der Waals surface area contributed by atoms with Gasteiger partial charge in [0, 0.05) is 13.1 Å². The third-order valence-electron chi connectivity index (χ3n) is 3.15. The molecule has 5 nitrogen and oxygen atoms in total. The summed E-state index contributed by atoms with van der Waals surface area (Å²) in [6.07, 6.45) is 6.66. The molecule has 0 aromatic rings. The van der Waals surface area contributed by atoms with Crippen LogP contribution in [0.1, 0.15) is 59.3 Å². The van der Waals surface area contributed by atoms with Crippen LogP contribution in [0.15, 0.2) is 0 Å². The van der Waals surface area contributed by atoms with Gasteiger partial charge in [0.1, 0.15) is 6.61 Å². The number of thiol groups is 1. The molecule has 0 aliphatic carbocycles. The molecule has 0 fully saturated rings. The van der Waals surface area contributed by atoms with Crippen molar-refractivity contribution in [1.82, 2.24) is 10.6 Å². The molecule has 130 valence electrons. The second kappa shape index (κ2) is 13.9. The first kappa shape index (κ1) is 21.2. The van der Waals surface area contributed by atoms with Crippen LogP contribution >= 0.6 is 12.6 Å². The SMILES string of the molecule is CC(C)OCC(=O)NCCCCCCCCNC(=O)C(C)S. The quantitative estimate of drug-likeness (QED) is 0.358. The molecule has 0 bridgehead atoms. The summed E-state index contributed by atoms with van der Waals surface area (Å²) in [5.41, 5.74) is 0. The minimum atomic E-state index is -0.235. The summed E-state index contributed by atoms with van der Waals surface area (Å²) in [5, 5.41) is 5.47. The standard InChI is InChI=1S/C16H32N2O3S/c1-13(2)21-12-15(19)17-10-8-6-4-5-7-9-11-18-16(20)14(3)22/h13-14,22H,4-12H2,1-3H3,(H,17,19)(H,18,20). The molecule has 1 unspecified atom stereocenters. The first-order valence-corrected chi connectivity index (χ1v) is 8.79. The minimum Gasteiger partial charge on any atom is -0.369 e. The van der Waals surface area contributed by atoms with Crippen molar-refractivity contribution in [2.45, 2.75) is 70.7 Å². The average Bonchev–Trinajstić information content (AvgIpc) is 2.46. The molecule has 0 heterocycles. The lowest BCUT2D eigenvalue weighted by molar-refractivity contribution is -0.127. The van der Waals surface area contributed by atoms with E-state index in [9.17, 15) is 9.59 Å². The highest BCUT2D eigenvalue weighted by Gasteiger charge is 2.05. The molecule has 0 saturated carbocycles. The summed E-state index contributed by atoms with van der Waals surface area (Å²) < 4.78 is 5.22. The van der Waals surface area contributed by atoms with Crippen molar-refractivity contribution in [2.24, 2.45) is 0 Å². The zero-order chi connectivity index (χ0) is 16.8. The number of amides is 2. The molecule has 0 radical (unpaired) electrons. The second-order valence-corrected chi connectivity index (χ2v) is 6.57. The van der Waals surface area contributed by atoms with Crippen molar-refractivity contribution in [3.8, 4) is 0 Å². The van der Waals surface area contributed by atoms with Crippen LogP contribution in [0.2, 0.25) is 0 Å². The van der Waals surface area contributed by atoms with Gasteiger partial charge in [0.25, 0.3) is 0 Å². The zero-order valence-electron chi connectivity index (χ0n) is 14.2. The van der Waals surface area contributed by atoms with Gasteiger partial charge in [-0.1, -0.05) is 25.7 Å². The molecule has 0 aliphatic rings. The molecule has 0 rings (SSSR count). The molecular weight excluding hydrogens is 300 g/mol. The fourth-order valence-corrected chi connectivity index (χ4v) is 1.93. The number of nitrogens with one attached hydrogen (secondary N) is 2. The zero-order valence-corrected chi connectivity index (χ0v) is 15.1. The fourth-order valence-electron chi connectivity index (χ4n) is 1.84. The van der Waals surface area contributed by atoms with Gasteiger partial charge >= 0.3 is 0 Å². The van der Waals surface area contributed by atoms with Crippen molar-refractivity contribution >= 4 is 24.4 Å². The van der Waals surface area contributed by atoms with Crippen molar-refractivity contribution in [3.63, 3.8) is 0 Å². The number of unbranched alkanes of at least 4 members (excludes halogenated alkanes) is 5. The van der Waals surface area contributed by atoms with E-state index in [1.165, 1.54) is 0 Å². The van der Waals surface area contributed by atoms with Gasteiger partial charge in [-0.05, 0) is 33.6 Å². The lowest BCUT2D eigenvalue weighted by Crippen LogP contribution is -2.30. The van der Waals surface area contributed by atoms with E-state index in [1.807, 2.05) is 13.8 Å². The van der Waals surface area contributed by atoms with Crippen LogP contribution in [-0.2, 0) is 14.3 Å². The van der Waals surface area contributed by atoms with Gasteiger partial charge in [-0.3, -0.25) is 9.59 Å². The molecule has 0 spiro atoms. The topological polar surface area (TPSA) is 67.4 Å². The van der Waals surface area contributed by atoms with E-state index < -0.39 is 0 Å². The van der Waals surface area contributed by atoms with E-state index in [0.29, 0.717) is 0 Å². The molecule has 0 aliphatic heterocycles. The number of ether oxygens (including phenoxy) is 1. The Balaban J connectivity index is 3.24. The molecule has 0 saturated heterocycles. The van der Waals surface area contributed by atoms with Crippen LogP contribution in [-0.4, -0.2) is 42.9 Å². The predicted octanol–water partition coefficient (Wildman–Crippen LogP) is 2.30. The maximum Gasteiger partial charge on any atom is 0.246 e. The lowest BCUT2D eigenvalue weighted by Gasteiger charge is -2.08. The number of carbonyl (C=O) groups excluding carboxylic acids is 2. The summed E-state index contributed by atoms with van der Waals surface area (Å²) in [7, 11) is 0. The Kier molecular flexibility index (Phi) is 13.4. The third kappa shape index (κ3) is 14.2. The Bertz CT molecular complexity index is 310. The van der Waals surface area contributed by atoms with Crippen LogP contribution in [0.25, 0.3) is 0 Å². The Hall–Kier alpha value is -0.750. The van der Waals surface area contributed by atoms with Crippen molar-refractivity contribution in [3.05, 3.63) is 0 Å². The van der Waals surface area contributed by atoms with Gasteiger partial charge in [-0.2, -0.15) is 12.6 Å². The Morgan fingerprint density at radius 3 is 1.91 bits per heavy atom. The minimum absolute atomic E-state index is 0.000483.